The number of thioether (sulfide) groups is 1. The van der Waals surface area contributed by atoms with Crippen molar-refractivity contribution >= 4 is 52.6 Å². The number of nitrogens with one attached hydrogen (secondary N) is 1. The number of β-lactam (4-membered cyclic amide) rings is 1. The Morgan fingerprint density at radius 2 is 2.20 bits per heavy atom. The van der Waals surface area contributed by atoms with E-state index in [1.54, 1.807) is 0 Å². The summed E-state index contributed by atoms with van der Waals surface area (Å²) in [6.45, 7) is 0.903. The Labute approximate surface area is 177 Å². The van der Waals surface area contributed by atoms with Gasteiger partial charge in [0.1, 0.15) is 23.4 Å². The Kier molecular flexibility index (Phi) is 6.09. The lowest BCUT2D eigenvalue weighted by molar-refractivity contribution is -0.191. The van der Waals surface area contributed by atoms with Gasteiger partial charge < -0.3 is 25.1 Å². The normalized spacial score (nSPS) is 23.5. The molecule has 0 bridgehead atoms. The van der Waals surface area contributed by atoms with Crippen molar-refractivity contribution in [3.05, 3.63) is 27.9 Å². The molecule has 12 nitrogen and oxygen atoms in total. The lowest BCUT2D eigenvalue weighted by atomic mass is 9.97. The molecule has 3 N–H and O–H groups in total. The van der Waals surface area contributed by atoms with Gasteiger partial charge in [-0.2, -0.15) is 0 Å². The quantitative estimate of drug-likeness (QED) is 0.123. The zero-order chi connectivity index (χ0) is 22.1. The van der Waals surface area contributed by atoms with Crippen LogP contribution in [-0.4, -0.2) is 80.2 Å². The summed E-state index contributed by atoms with van der Waals surface area (Å²) in [6, 6.07) is 0. The second-order valence-corrected chi connectivity index (χ2v) is 7.88. The summed E-state index contributed by atoms with van der Waals surface area (Å²) in [5.74, 6) is -3.61. The van der Waals surface area contributed by atoms with Crippen molar-refractivity contribution in [2.75, 3.05) is 19.5 Å². The molecule has 1 aromatic rings. The van der Waals surface area contributed by atoms with E-state index >= 15 is 0 Å². The highest BCUT2D eigenvalue weighted by Crippen LogP contribution is 2.46. The number of hydrogen-bond acceptors (Lipinski definition) is 11. The van der Waals surface area contributed by atoms with E-state index in [2.05, 4.69) is 15.5 Å². The minimum atomic E-state index is -1.87. The van der Waals surface area contributed by atoms with Crippen LogP contribution in [0.25, 0.3) is 0 Å². The van der Waals surface area contributed by atoms with Crippen LogP contribution in [0.2, 0.25) is 0 Å². The number of esters is 1. The largest absolute Gasteiger partial charge is 0.477 e. The summed E-state index contributed by atoms with van der Waals surface area (Å²) in [5, 5.41) is 24.7. The fraction of sp³-hybridized carbons (Fsp3) is 0.375. The zero-order valence-corrected chi connectivity index (χ0v) is 17.3. The second-order valence-electron chi connectivity index (χ2n) is 6.09. The number of nitrogens with zero attached hydrogens (tertiary/aromatic N) is 3. The molecule has 3 rings (SSSR count). The van der Waals surface area contributed by atoms with E-state index in [4.69, 9.17) is 9.47 Å². The van der Waals surface area contributed by atoms with Crippen molar-refractivity contribution in [1.29, 1.82) is 0 Å². The molecule has 1 fully saturated rings. The number of oxime groups is 1. The first kappa shape index (κ1) is 21.7. The SMILES string of the molecule is CO[C@@]1(NC(=O)C(=NO)c2cscn2)C(=O)N2C(C(=O)O)=C(COC(C)=O)CS[C@@H]21. The standard InChI is InChI=1S/C16H16N4O8S2/c1-7(21)28-3-8-4-30-15-16(27-2,14(25)20(15)11(8)13(23)24)18-12(22)10(19-26)9-5-29-6-17-9/h5-6,15,26H,3-4H2,1-2H3,(H,18,22)(H,23,24)/t15-,16+/m1/s1. The molecule has 0 radical (unpaired) electrons. The topological polar surface area (TPSA) is 168 Å². The van der Waals surface area contributed by atoms with Gasteiger partial charge in [0.25, 0.3) is 17.5 Å². The molecule has 3 heterocycles. The fourth-order valence-electron chi connectivity index (χ4n) is 3.01. The third kappa shape index (κ3) is 3.53. The number of ether oxygens (including phenoxy) is 2. The Hall–Kier alpha value is -2.97. The van der Waals surface area contributed by atoms with E-state index in [9.17, 15) is 29.5 Å². The van der Waals surface area contributed by atoms with Gasteiger partial charge in [-0.1, -0.05) is 5.16 Å². The first-order valence-electron chi connectivity index (χ1n) is 8.29. The summed E-state index contributed by atoms with van der Waals surface area (Å²) in [7, 11) is 1.19. The van der Waals surface area contributed by atoms with Crippen LogP contribution in [0, 0.1) is 0 Å². The average molecular weight is 456 g/mol. The number of carboxylic acids is 1. The third-order valence-corrected chi connectivity index (χ3v) is 6.33. The maximum absolute atomic E-state index is 12.9. The van der Waals surface area contributed by atoms with Crippen LogP contribution in [0.1, 0.15) is 12.6 Å². The van der Waals surface area contributed by atoms with Gasteiger partial charge in [0.05, 0.1) is 5.51 Å². The fourth-order valence-corrected chi connectivity index (χ4v) is 4.97. The van der Waals surface area contributed by atoms with Crippen LogP contribution < -0.4 is 5.32 Å². The molecule has 160 valence electrons. The second kappa shape index (κ2) is 8.41. The van der Waals surface area contributed by atoms with E-state index in [-0.39, 0.29) is 29.3 Å². The Morgan fingerprint density at radius 3 is 2.73 bits per heavy atom. The molecule has 0 aromatic carbocycles. The van der Waals surface area contributed by atoms with Crippen molar-refractivity contribution in [2.24, 2.45) is 5.16 Å². The van der Waals surface area contributed by atoms with E-state index in [0.717, 1.165) is 16.7 Å². The van der Waals surface area contributed by atoms with Gasteiger partial charge in [-0.15, -0.1) is 23.1 Å². The monoisotopic (exact) mass is 456 g/mol. The number of methoxy groups -OCH3 is 1. The molecule has 2 aliphatic rings. The van der Waals surface area contributed by atoms with E-state index < -0.39 is 40.6 Å². The molecule has 1 saturated heterocycles. The highest BCUT2D eigenvalue weighted by atomic mass is 32.2. The van der Waals surface area contributed by atoms with Crippen LogP contribution in [0.15, 0.2) is 27.3 Å². The molecule has 2 atom stereocenters. The maximum atomic E-state index is 12.9. The van der Waals surface area contributed by atoms with Crippen LogP contribution in [0.3, 0.4) is 0 Å². The highest BCUT2D eigenvalue weighted by molar-refractivity contribution is 8.00. The van der Waals surface area contributed by atoms with E-state index in [0.29, 0.717) is 0 Å². The minimum absolute atomic E-state index is 0.0981. The smallest absolute Gasteiger partial charge is 0.352 e. The average Bonchev–Trinajstić information content (AvgIpc) is 3.24. The van der Waals surface area contributed by atoms with Gasteiger partial charge in [0.15, 0.2) is 5.71 Å². The number of carbonyl (C=O) groups excluding carboxylic acids is 3. The zero-order valence-electron chi connectivity index (χ0n) is 15.6. The number of fused-ring (bicyclic) bond motifs is 1. The molecule has 0 unspecified atom stereocenters. The number of carboxylic acid groups (broad SMARTS) is 1. The van der Waals surface area contributed by atoms with Crippen LogP contribution in [0.4, 0.5) is 0 Å². The van der Waals surface area contributed by atoms with Crippen molar-refractivity contribution in [1.82, 2.24) is 15.2 Å². The van der Waals surface area contributed by atoms with Gasteiger partial charge in [0, 0.05) is 30.7 Å². The molecule has 30 heavy (non-hydrogen) atoms. The van der Waals surface area contributed by atoms with Crippen molar-refractivity contribution in [2.45, 2.75) is 18.0 Å². The Morgan fingerprint density at radius 1 is 1.47 bits per heavy atom. The third-order valence-electron chi connectivity index (χ3n) is 4.37. The number of aromatic nitrogens is 1. The minimum Gasteiger partial charge on any atom is -0.477 e. The van der Waals surface area contributed by atoms with Crippen molar-refractivity contribution in [3.63, 3.8) is 0 Å². The number of carbonyl (C=O) groups is 4. The lowest BCUT2D eigenvalue weighted by Crippen LogP contribution is -2.81. The first-order valence-corrected chi connectivity index (χ1v) is 10.3. The molecule has 2 amide bonds. The van der Waals surface area contributed by atoms with Crippen LogP contribution >= 0.6 is 23.1 Å². The van der Waals surface area contributed by atoms with Crippen LogP contribution in [-0.2, 0) is 28.7 Å². The Balaban J connectivity index is 1.88. The molecule has 1 aromatic heterocycles. The lowest BCUT2D eigenvalue weighted by Gasteiger charge is -2.55. The molecule has 0 spiro atoms. The predicted octanol–water partition coefficient (Wildman–Crippen LogP) is -0.403. The number of amides is 2. The van der Waals surface area contributed by atoms with Gasteiger partial charge in [0.2, 0.25) is 0 Å². The van der Waals surface area contributed by atoms with Gasteiger partial charge in [-0.05, 0) is 0 Å². The van der Waals surface area contributed by atoms with Gasteiger partial charge >= 0.3 is 11.9 Å². The molecule has 14 heteroatoms. The van der Waals surface area contributed by atoms with E-state index in [1.807, 2.05) is 0 Å². The summed E-state index contributed by atoms with van der Waals surface area (Å²) >= 11 is 2.30. The first-order chi connectivity index (χ1) is 14.3. The number of rotatable bonds is 7. The number of hydrogen-bond donors (Lipinski definition) is 3. The summed E-state index contributed by atoms with van der Waals surface area (Å²) in [5.41, 5.74) is -0.862. The summed E-state index contributed by atoms with van der Waals surface area (Å²) < 4.78 is 10.2. The van der Waals surface area contributed by atoms with Crippen LogP contribution in [0.5, 0.6) is 0 Å². The molecule has 0 aliphatic carbocycles. The van der Waals surface area contributed by atoms with E-state index in [1.165, 1.54) is 36.3 Å². The van der Waals surface area contributed by atoms with Gasteiger partial charge in [-0.3, -0.25) is 19.3 Å². The molecular weight excluding hydrogens is 440 g/mol. The van der Waals surface area contributed by atoms with Gasteiger partial charge in [-0.25, -0.2) is 9.78 Å². The predicted molar refractivity (Wildman–Crippen MR) is 103 cm³/mol. The maximum Gasteiger partial charge on any atom is 0.352 e. The Bertz CT molecular complexity index is 960. The molecule has 0 saturated carbocycles. The van der Waals surface area contributed by atoms with Crippen molar-refractivity contribution < 1.29 is 39.0 Å². The molecular formula is C16H16N4O8S2. The highest BCUT2D eigenvalue weighted by Gasteiger charge is 2.67. The summed E-state index contributed by atoms with van der Waals surface area (Å²) in [4.78, 5) is 53.3. The van der Waals surface area contributed by atoms with Crippen molar-refractivity contribution in [3.8, 4) is 0 Å². The molecule has 2 aliphatic heterocycles. The number of aliphatic carboxylic acids is 1. The summed E-state index contributed by atoms with van der Waals surface area (Å²) in [6.07, 6.45) is 0. The number of thiazole rings is 1.